The lowest BCUT2D eigenvalue weighted by Crippen LogP contribution is -2.31. The molecule has 0 saturated heterocycles. The SMILES string of the molecule is CC(C)NC(=O)CCOc1c(Br)cc(N)cc1Br. The second-order valence-corrected chi connectivity index (χ2v) is 5.84. The third kappa shape index (κ3) is 4.86. The molecule has 1 aromatic carbocycles. The molecule has 0 spiro atoms. The molecule has 1 amide bonds. The van der Waals surface area contributed by atoms with Crippen LogP contribution in [0.4, 0.5) is 5.69 Å². The topological polar surface area (TPSA) is 64.3 Å². The van der Waals surface area contributed by atoms with Crippen molar-refractivity contribution in [2.75, 3.05) is 12.3 Å². The molecule has 0 aliphatic heterocycles. The highest BCUT2D eigenvalue weighted by Crippen LogP contribution is 2.35. The number of carbonyl (C=O) groups is 1. The first-order valence-corrected chi connectivity index (χ1v) is 7.15. The maximum atomic E-state index is 11.4. The number of hydrogen-bond acceptors (Lipinski definition) is 3. The first-order valence-electron chi connectivity index (χ1n) is 5.57. The number of amides is 1. The first-order chi connectivity index (χ1) is 8.40. The molecule has 1 rings (SSSR count). The molecule has 100 valence electrons. The van der Waals surface area contributed by atoms with Gasteiger partial charge in [-0.15, -0.1) is 0 Å². The van der Waals surface area contributed by atoms with Crippen LogP contribution in [0, 0.1) is 0 Å². The Morgan fingerprint density at radius 2 is 1.94 bits per heavy atom. The minimum atomic E-state index is -0.0207. The summed E-state index contributed by atoms with van der Waals surface area (Å²) in [6.07, 6.45) is 0.321. The summed E-state index contributed by atoms with van der Waals surface area (Å²) in [5.41, 5.74) is 6.32. The molecule has 0 aliphatic rings. The lowest BCUT2D eigenvalue weighted by Gasteiger charge is -2.12. The number of anilines is 1. The summed E-state index contributed by atoms with van der Waals surface area (Å²) in [4.78, 5) is 11.4. The molecule has 0 radical (unpaired) electrons. The van der Waals surface area contributed by atoms with Gasteiger partial charge in [-0.1, -0.05) is 0 Å². The molecule has 1 aromatic rings. The minimum Gasteiger partial charge on any atom is -0.491 e. The highest BCUT2D eigenvalue weighted by atomic mass is 79.9. The van der Waals surface area contributed by atoms with Crippen molar-refractivity contribution < 1.29 is 9.53 Å². The van der Waals surface area contributed by atoms with E-state index in [1.807, 2.05) is 13.8 Å². The van der Waals surface area contributed by atoms with Crippen LogP contribution in [-0.4, -0.2) is 18.6 Å². The van der Waals surface area contributed by atoms with Crippen LogP contribution in [0.25, 0.3) is 0 Å². The summed E-state index contributed by atoms with van der Waals surface area (Å²) in [7, 11) is 0. The fourth-order valence-corrected chi connectivity index (χ4v) is 2.81. The predicted molar refractivity (Wildman–Crippen MR) is 79.6 cm³/mol. The van der Waals surface area contributed by atoms with Gasteiger partial charge < -0.3 is 15.8 Å². The quantitative estimate of drug-likeness (QED) is 0.772. The third-order valence-electron chi connectivity index (χ3n) is 2.05. The Kier molecular flexibility index (Phi) is 5.95. The number of rotatable bonds is 5. The lowest BCUT2D eigenvalue weighted by molar-refractivity contribution is -0.122. The summed E-state index contributed by atoms with van der Waals surface area (Å²) in [5.74, 6) is 0.634. The maximum absolute atomic E-state index is 11.4. The monoisotopic (exact) mass is 378 g/mol. The Hall–Kier alpha value is -0.750. The standard InChI is InChI=1S/C12H16Br2N2O2/c1-7(2)16-11(17)3-4-18-12-9(13)5-8(15)6-10(12)14/h5-7H,3-4,15H2,1-2H3,(H,16,17). The number of benzene rings is 1. The normalized spacial score (nSPS) is 10.5. The second-order valence-electron chi connectivity index (χ2n) is 4.13. The highest BCUT2D eigenvalue weighted by Gasteiger charge is 2.09. The van der Waals surface area contributed by atoms with E-state index in [2.05, 4.69) is 37.2 Å². The van der Waals surface area contributed by atoms with E-state index in [-0.39, 0.29) is 11.9 Å². The molecule has 0 saturated carbocycles. The van der Waals surface area contributed by atoms with E-state index in [9.17, 15) is 4.79 Å². The van der Waals surface area contributed by atoms with E-state index in [1.54, 1.807) is 12.1 Å². The van der Waals surface area contributed by atoms with E-state index < -0.39 is 0 Å². The van der Waals surface area contributed by atoms with Crippen LogP contribution in [0.15, 0.2) is 21.1 Å². The van der Waals surface area contributed by atoms with Crippen LogP contribution < -0.4 is 15.8 Å². The second kappa shape index (κ2) is 6.99. The van der Waals surface area contributed by atoms with Gasteiger partial charge in [0.25, 0.3) is 0 Å². The molecule has 0 bridgehead atoms. The van der Waals surface area contributed by atoms with E-state index in [1.165, 1.54) is 0 Å². The zero-order valence-corrected chi connectivity index (χ0v) is 13.5. The lowest BCUT2D eigenvalue weighted by atomic mass is 10.3. The van der Waals surface area contributed by atoms with Crippen LogP contribution in [0.1, 0.15) is 20.3 Å². The van der Waals surface area contributed by atoms with Crippen molar-refractivity contribution in [3.05, 3.63) is 21.1 Å². The van der Waals surface area contributed by atoms with Gasteiger partial charge in [0.15, 0.2) is 0 Å². The first kappa shape index (κ1) is 15.3. The molecule has 0 aromatic heterocycles. The van der Waals surface area contributed by atoms with E-state index in [0.29, 0.717) is 24.5 Å². The maximum Gasteiger partial charge on any atom is 0.223 e. The molecule has 0 unspecified atom stereocenters. The average Bonchev–Trinajstić information content (AvgIpc) is 2.20. The number of nitrogen functional groups attached to an aromatic ring is 1. The van der Waals surface area contributed by atoms with Crippen molar-refractivity contribution in [2.45, 2.75) is 26.3 Å². The Labute approximate surface area is 124 Å². The Morgan fingerprint density at radius 3 is 2.44 bits per heavy atom. The number of nitrogens with one attached hydrogen (secondary N) is 1. The molecule has 4 nitrogen and oxygen atoms in total. The van der Waals surface area contributed by atoms with E-state index in [0.717, 1.165) is 8.95 Å². The van der Waals surface area contributed by atoms with Crippen LogP contribution in [-0.2, 0) is 4.79 Å². The number of nitrogens with two attached hydrogens (primary N) is 1. The molecule has 0 aliphatic carbocycles. The zero-order chi connectivity index (χ0) is 13.7. The molecular formula is C12H16Br2N2O2. The van der Waals surface area contributed by atoms with Crippen molar-refractivity contribution in [3.63, 3.8) is 0 Å². The van der Waals surface area contributed by atoms with Crippen LogP contribution in [0.5, 0.6) is 5.75 Å². The van der Waals surface area contributed by atoms with Gasteiger partial charge in [-0.25, -0.2) is 0 Å². The Balaban J connectivity index is 2.52. The van der Waals surface area contributed by atoms with Gasteiger partial charge in [0, 0.05) is 11.7 Å². The smallest absolute Gasteiger partial charge is 0.223 e. The summed E-state index contributed by atoms with van der Waals surface area (Å²) in [5, 5.41) is 2.80. The van der Waals surface area contributed by atoms with Crippen LogP contribution >= 0.6 is 31.9 Å². The number of hydrogen-bond donors (Lipinski definition) is 2. The number of ether oxygens (including phenoxy) is 1. The molecule has 3 N–H and O–H groups in total. The summed E-state index contributed by atoms with van der Waals surface area (Å²) < 4.78 is 7.09. The van der Waals surface area contributed by atoms with Gasteiger partial charge >= 0.3 is 0 Å². The van der Waals surface area contributed by atoms with Gasteiger partial charge in [-0.05, 0) is 57.8 Å². The molecule has 0 atom stereocenters. The molecular weight excluding hydrogens is 364 g/mol. The Bertz CT molecular complexity index is 413. The fourth-order valence-electron chi connectivity index (χ4n) is 1.36. The highest BCUT2D eigenvalue weighted by molar-refractivity contribution is 9.11. The van der Waals surface area contributed by atoms with E-state index >= 15 is 0 Å². The van der Waals surface area contributed by atoms with Gasteiger partial charge in [0.05, 0.1) is 22.0 Å². The average molecular weight is 380 g/mol. The molecule has 0 fully saturated rings. The number of carbonyl (C=O) groups excluding carboxylic acids is 1. The number of halogens is 2. The van der Waals surface area contributed by atoms with Gasteiger partial charge in [-0.3, -0.25) is 4.79 Å². The predicted octanol–water partition coefficient (Wildman–Crippen LogP) is 3.09. The molecule has 0 heterocycles. The van der Waals surface area contributed by atoms with E-state index in [4.69, 9.17) is 10.5 Å². The Morgan fingerprint density at radius 1 is 1.39 bits per heavy atom. The van der Waals surface area contributed by atoms with Crippen molar-refractivity contribution in [3.8, 4) is 5.75 Å². The molecule has 6 heteroatoms. The van der Waals surface area contributed by atoms with Crippen molar-refractivity contribution in [2.24, 2.45) is 0 Å². The van der Waals surface area contributed by atoms with Gasteiger partial charge in [0.2, 0.25) is 5.91 Å². The summed E-state index contributed by atoms with van der Waals surface area (Å²) >= 11 is 6.74. The zero-order valence-electron chi connectivity index (χ0n) is 10.3. The summed E-state index contributed by atoms with van der Waals surface area (Å²) in [6.45, 7) is 4.16. The van der Waals surface area contributed by atoms with Crippen LogP contribution in [0.3, 0.4) is 0 Å². The van der Waals surface area contributed by atoms with Crippen molar-refractivity contribution in [1.29, 1.82) is 0 Å². The van der Waals surface area contributed by atoms with Crippen molar-refractivity contribution in [1.82, 2.24) is 5.32 Å². The largest absolute Gasteiger partial charge is 0.491 e. The summed E-state index contributed by atoms with van der Waals surface area (Å²) in [6, 6.07) is 3.66. The van der Waals surface area contributed by atoms with Crippen molar-refractivity contribution >= 4 is 43.5 Å². The third-order valence-corrected chi connectivity index (χ3v) is 3.22. The minimum absolute atomic E-state index is 0.0207. The fraction of sp³-hybridized carbons (Fsp3) is 0.417. The van der Waals surface area contributed by atoms with Gasteiger partial charge in [0.1, 0.15) is 5.75 Å². The molecule has 18 heavy (non-hydrogen) atoms. The van der Waals surface area contributed by atoms with Gasteiger partial charge in [-0.2, -0.15) is 0 Å². The van der Waals surface area contributed by atoms with Crippen LogP contribution in [0.2, 0.25) is 0 Å².